The number of carbonyl (C=O) groups is 5. The molecule has 270 valence electrons. The zero-order valence-corrected chi connectivity index (χ0v) is 29.5. The van der Waals surface area contributed by atoms with Crippen LogP contribution in [0.5, 0.6) is 5.75 Å². The summed E-state index contributed by atoms with van der Waals surface area (Å²) < 4.78 is 0. The molecule has 16 heteroatoms. The minimum Gasteiger partial charge on any atom is -0.508 e. The highest BCUT2D eigenvalue weighted by molar-refractivity contribution is 8.76. The molecule has 5 amide bonds. The van der Waals surface area contributed by atoms with Gasteiger partial charge in [-0.15, -0.1) is 0 Å². The van der Waals surface area contributed by atoms with Crippen molar-refractivity contribution in [1.82, 2.24) is 26.3 Å². The van der Waals surface area contributed by atoms with Gasteiger partial charge in [0, 0.05) is 48.0 Å². The molecule has 2 heterocycles. The van der Waals surface area contributed by atoms with E-state index < -0.39 is 54.4 Å². The second-order valence-electron chi connectivity index (χ2n) is 11.9. The van der Waals surface area contributed by atoms with Gasteiger partial charge in [-0.3, -0.25) is 28.9 Å². The summed E-state index contributed by atoms with van der Waals surface area (Å²) in [5.74, 6) is -1.84. The number of rotatable bonds is 8. The Balaban J connectivity index is 1.71. The Morgan fingerprint density at radius 2 is 1.66 bits per heavy atom. The fraction of sp³-hybridized carbons (Fsp3) is 0.441. The SMILES string of the molecule is C[C@@H](O)[C@@H]1NC(=O)[C@H](CCCCN)N(c2c[nH]c3ccccc23)C(=O)CNC(=O)[C@H](Cc2ccc(O)cc2)NC(=O)CCSSCCNC1=O. The largest absolute Gasteiger partial charge is 0.508 e. The molecule has 1 fully saturated rings. The standard InChI is InChI=1S/C34H45N7O7S2/c1-21(42)31-34(48)36-15-17-50-49-16-13-29(44)39-26(18-22-9-11-23(43)12-10-22)32(46)38-20-30(45)41(27(33(47)40-31)8-4-5-14-35)28-19-37-25-7-3-2-6-24(25)28/h2-3,6-7,9-12,19,21,26-27,31,37,42-43H,4-5,8,13-18,20,35H2,1H3,(H,36,48)(H,38,46)(H,39,44)(H,40,47)/t21-,26+,27+,31+/m1/s1. The molecule has 0 unspecified atom stereocenters. The number of aliphatic hydroxyl groups excluding tert-OH is 1. The van der Waals surface area contributed by atoms with E-state index >= 15 is 0 Å². The quantitative estimate of drug-likeness (QED) is 0.123. The maximum Gasteiger partial charge on any atom is 0.247 e. The van der Waals surface area contributed by atoms with Crippen LogP contribution in [0, 0.1) is 0 Å². The molecule has 4 atom stereocenters. The number of anilines is 1. The summed E-state index contributed by atoms with van der Waals surface area (Å²) in [4.78, 5) is 72.5. The van der Waals surface area contributed by atoms with Crippen LogP contribution in [0.4, 0.5) is 5.69 Å². The number of nitrogens with one attached hydrogen (secondary N) is 5. The van der Waals surface area contributed by atoms with Crippen molar-refractivity contribution in [2.24, 2.45) is 5.73 Å². The van der Waals surface area contributed by atoms with Gasteiger partial charge in [-0.05, 0) is 56.5 Å². The zero-order valence-electron chi connectivity index (χ0n) is 27.9. The molecule has 0 bridgehead atoms. The van der Waals surface area contributed by atoms with E-state index in [-0.39, 0.29) is 37.5 Å². The molecule has 4 rings (SSSR count). The number of aliphatic hydroxyl groups is 1. The van der Waals surface area contributed by atoms with Crippen molar-refractivity contribution in [2.45, 2.75) is 63.3 Å². The molecule has 14 nitrogen and oxygen atoms in total. The number of para-hydroxylation sites is 1. The van der Waals surface area contributed by atoms with E-state index in [0.717, 1.165) is 0 Å². The predicted octanol–water partition coefficient (Wildman–Crippen LogP) is 1.31. The first kappa shape index (κ1) is 38.6. The van der Waals surface area contributed by atoms with Crippen molar-refractivity contribution in [3.05, 3.63) is 60.3 Å². The Bertz CT molecular complexity index is 1620. The Kier molecular flexibility index (Phi) is 14.8. The summed E-state index contributed by atoms with van der Waals surface area (Å²) >= 11 is 0. The summed E-state index contributed by atoms with van der Waals surface area (Å²) in [5.41, 5.74) is 7.55. The molecule has 1 aromatic heterocycles. The van der Waals surface area contributed by atoms with Gasteiger partial charge >= 0.3 is 0 Å². The van der Waals surface area contributed by atoms with E-state index in [2.05, 4.69) is 26.3 Å². The van der Waals surface area contributed by atoms with Crippen LogP contribution < -0.4 is 31.9 Å². The number of H-pyrrole nitrogens is 1. The maximum absolute atomic E-state index is 14.3. The number of amides is 5. The second kappa shape index (κ2) is 19.2. The number of aromatic amines is 1. The maximum atomic E-state index is 14.3. The highest BCUT2D eigenvalue weighted by Gasteiger charge is 2.36. The van der Waals surface area contributed by atoms with Crippen molar-refractivity contribution in [2.75, 3.05) is 36.0 Å². The molecule has 50 heavy (non-hydrogen) atoms. The third-order valence-corrected chi connectivity index (χ3v) is 10.5. The van der Waals surface area contributed by atoms with Gasteiger partial charge in [-0.25, -0.2) is 0 Å². The van der Waals surface area contributed by atoms with Gasteiger partial charge in [0.2, 0.25) is 29.5 Å². The Labute approximate surface area is 298 Å². The van der Waals surface area contributed by atoms with E-state index in [1.54, 1.807) is 30.5 Å². The number of unbranched alkanes of at least 4 members (excludes halogenated alkanes) is 1. The topological polar surface area (TPSA) is 219 Å². The lowest BCUT2D eigenvalue weighted by molar-refractivity contribution is -0.133. The molecule has 0 saturated carbocycles. The first-order valence-electron chi connectivity index (χ1n) is 16.5. The van der Waals surface area contributed by atoms with Crippen LogP contribution in [-0.4, -0.2) is 100 Å². The fourth-order valence-corrected chi connectivity index (χ4v) is 7.44. The number of hydrogen-bond donors (Lipinski definition) is 8. The molecule has 0 aliphatic carbocycles. The molecule has 1 saturated heterocycles. The number of carbonyl (C=O) groups excluding carboxylic acids is 5. The molecule has 9 N–H and O–H groups in total. The Morgan fingerprint density at radius 3 is 2.40 bits per heavy atom. The van der Waals surface area contributed by atoms with Crippen LogP contribution in [-0.2, 0) is 30.4 Å². The summed E-state index contributed by atoms with van der Waals surface area (Å²) in [6, 6.07) is 10.0. The highest BCUT2D eigenvalue weighted by Crippen LogP contribution is 2.30. The fourth-order valence-electron chi connectivity index (χ4n) is 5.54. The van der Waals surface area contributed by atoms with Gasteiger partial charge in [0.1, 0.15) is 23.9 Å². The van der Waals surface area contributed by atoms with E-state index in [0.29, 0.717) is 53.0 Å². The van der Waals surface area contributed by atoms with E-state index in [1.807, 2.05) is 12.1 Å². The summed E-state index contributed by atoms with van der Waals surface area (Å²) in [5, 5.41) is 31.8. The van der Waals surface area contributed by atoms with Gasteiger partial charge in [0.15, 0.2) is 0 Å². The first-order valence-corrected chi connectivity index (χ1v) is 19.0. The van der Waals surface area contributed by atoms with Gasteiger partial charge in [-0.2, -0.15) is 0 Å². The van der Waals surface area contributed by atoms with Gasteiger partial charge in [-0.1, -0.05) is 51.9 Å². The monoisotopic (exact) mass is 727 g/mol. The molecule has 3 aromatic rings. The molecule has 2 aromatic carbocycles. The van der Waals surface area contributed by atoms with Crippen molar-refractivity contribution < 1.29 is 34.2 Å². The lowest BCUT2D eigenvalue weighted by Crippen LogP contribution is -2.59. The van der Waals surface area contributed by atoms with Crippen LogP contribution in [0.2, 0.25) is 0 Å². The number of fused-ring (bicyclic) bond motifs is 1. The van der Waals surface area contributed by atoms with E-state index in [4.69, 9.17) is 5.73 Å². The summed E-state index contributed by atoms with van der Waals surface area (Å²) in [7, 11) is 2.87. The van der Waals surface area contributed by atoms with Crippen LogP contribution >= 0.6 is 21.6 Å². The van der Waals surface area contributed by atoms with Crippen molar-refractivity contribution in [3.63, 3.8) is 0 Å². The van der Waals surface area contributed by atoms with Crippen molar-refractivity contribution in [3.8, 4) is 5.75 Å². The first-order chi connectivity index (χ1) is 24.1. The average Bonchev–Trinajstić information content (AvgIpc) is 3.52. The number of hydrogen-bond acceptors (Lipinski definition) is 10. The molecule has 0 spiro atoms. The van der Waals surface area contributed by atoms with Gasteiger partial charge < -0.3 is 42.2 Å². The van der Waals surface area contributed by atoms with Crippen molar-refractivity contribution in [1.29, 1.82) is 0 Å². The van der Waals surface area contributed by atoms with E-state index in [1.165, 1.54) is 45.5 Å². The highest BCUT2D eigenvalue weighted by atomic mass is 33.1. The lowest BCUT2D eigenvalue weighted by atomic mass is 10.0. The Morgan fingerprint density at radius 1 is 0.920 bits per heavy atom. The van der Waals surface area contributed by atoms with Crippen LogP contribution in [0.1, 0.15) is 38.2 Å². The second-order valence-corrected chi connectivity index (χ2v) is 14.6. The minimum atomic E-state index is -1.30. The minimum absolute atomic E-state index is 0.0559. The molecule has 1 aliphatic rings. The smallest absolute Gasteiger partial charge is 0.247 e. The van der Waals surface area contributed by atoms with Gasteiger partial charge in [0.25, 0.3) is 0 Å². The average molecular weight is 728 g/mol. The number of nitrogens with zero attached hydrogens (tertiary/aromatic N) is 1. The number of phenols is 1. The molecular weight excluding hydrogens is 683 g/mol. The van der Waals surface area contributed by atoms with Gasteiger partial charge in [0.05, 0.1) is 18.3 Å². The lowest BCUT2D eigenvalue weighted by Gasteiger charge is -2.33. The number of nitrogens with two attached hydrogens (primary N) is 1. The number of aromatic hydroxyl groups is 1. The van der Waals surface area contributed by atoms with Crippen LogP contribution in [0.3, 0.4) is 0 Å². The Hall–Kier alpha value is -4.25. The van der Waals surface area contributed by atoms with Crippen LogP contribution in [0.15, 0.2) is 54.7 Å². The summed E-state index contributed by atoms with van der Waals surface area (Å²) in [6.07, 6.45) is 1.78. The van der Waals surface area contributed by atoms with E-state index in [9.17, 15) is 34.2 Å². The van der Waals surface area contributed by atoms with Crippen LogP contribution in [0.25, 0.3) is 10.9 Å². The zero-order chi connectivity index (χ0) is 36.0. The third kappa shape index (κ3) is 10.9. The molecule has 0 radical (unpaired) electrons. The predicted molar refractivity (Wildman–Crippen MR) is 195 cm³/mol. The molecular formula is C34H45N7O7S2. The number of benzene rings is 2. The van der Waals surface area contributed by atoms with Crippen molar-refractivity contribution >= 4 is 67.7 Å². The molecule has 1 aliphatic heterocycles. The third-order valence-electron chi connectivity index (χ3n) is 8.13. The number of aromatic nitrogens is 1. The number of phenolic OH excluding ortho intramolecular Hbond substituents is 1. The normalized spacial score (nSPS) is 21.5. The summed E-state index contributed by atoms with van der Waals surface area (Å²) in [6.45, 7) is 1.48.